The molecule has 1 heterocycles. The minimum atomic E-state index is -4.79. The summed E-state index contributed by atoms with van der Waals surface area (Å²) >= 11 is 0. The van der Waals surface area contributed by atoms with Gasteiger partial charge in [-0.2, -0.15) is 26.3 Å². The number of hydrogen-bond acceptors (Lipinski definition) is 1. The number of alkyl halides is 6. The molecule has 0 aliphatic carbocycles. The molecule has 0 saturated heterocycles. The van der Waals surface area contributed by atoms with Crippen molar-refractivity contribution in [1.82, 2.24) is 5.32 Å². The highest BCUT2D eigenvalue weighted by molar-refractivity contribution is 5.93. The van der Waals surface area contributed by atoms with E-state index in [-0.39, 0.29) is 0 Å². The molecule has 0 aromatic heterocycles. The smallest absolute Gasteiger partial charge is 0.322 e. The summed E-state index contributed by atoms with van der Waals surface area (Å²) in [5.74, 6) is 0. The average Bonchev–Trinajstić information content (AvgIpc) is 2.24. The van der Waals surface area contributed by atoms with E-state index in [0.717, 1.165) is 0 Å². The Bertz CT molecular complexity index is 522. The summed E-state index contributed by atoms with van der Waals surface area (Å²) in [6.45, 7) is 0. The van der Waals surface area contributed by atoms with Crippen molar-refractivity contribution in [3.8, 4) is 0 Å². The van der Waals surface area contributed by atoms with E-state index in [4.69, 9.17) is 0 Å². The molecule has 0 saturated carbocycles. The molecule has 0 fully saturated rings. The first kappa shape index (κ1) is 13.5. The third-order valence-corrected chi connectivity index (χ3v) is 2.54. The monoisotopic (exact) mass is 284 g/mol. The van der Waals surface area contributed by atoms with Gasteiger partial charge in [0, 0.05) is 11.3 Å². The van der Waals surface area contributed by atoms with Crippen LogP contribution in [0.25, 0.3) is 0 Å². The van der Waals surface area contributed by atoms with Crippen molar-refractivity contribution in [2.45, 2.75) is 18.4 Å². The van der Waals surface area contributed by atoms with Gasteiger partial charge in [-0.05, 0) is 12.1 Å². The van der Waals surface area contributed by atoms with Crippen molar-refractivity contribution >= 4 is 11.7 Å². The molecule has 0 radical (unpaired) electrons. The van der Waals surface area contributed by atoms with Gasteiger partial charge in [-0.25, -0.2) is 4.79 Å². The van der Waals surface area contributed by atoms with Gasteiger partial charge in [0.05, 0.1) is 5.56 Å². The molecule has 1 aliphatic rings. The number of nitrogens with one attached hydrogen (secondary N) is 2. The number of halogens is 6. The fourth-order valence-electron chi connectivity index (χ4n) is 1.72. The maximum absolute atomic E-state index is 12.7. The van der Waals surface area contributed by atoms with Gasteiger partial charge in [-0.3, -0.25) is 0 Å². The maximum Gasteiger partial charge on any atom is 0.416 e. The molecule has 19 heavy (non-hydrogen) atoms. The van der Waals surface area contributed by atoms with Crippen LogP contribution in [0.4, 0.5) is 36.8 Å². The number of amides is 2. The number of fused-ring (bicyclic) bond motifs is 1. The summed E-state index contributed by atoms with van der Waals surface area (Å²) in [7, 11) is 0. The third-order valence-electron chi connectivity index (χ3n) is 2.54. The van der Waals surface area contributed by atoms with Gasteiger partial charge < -0.3 is 10.6 Å². The number of anilines is 1. The Labute approximate surface area is 102 Å². The second-order valence-corrected chi connectivity index (χ2v) is 3.87. The lowest BCUT2D eigenvalue weighted by molar-refractivity contribution is -0.155. The van der Waals surface area contributed by atoms with Crippen LogP contribution in [-0.4, -0.2) is 12.2 Å². The lowest BCUT2D eigenvalue weighted by Gasteiger charge is -2.29. The fraction of sp³-hybridized carbons (Fsp3) is 0.300. The van der Waals surface area contributed by atoms with Crippen molar-refractivity contribution in [3.63, 3.8) is 0 Å². The van der Waals surface area contributed by atoms with Crippen LogP contribution >= 0.6 is 0 Å². The number of hydrogen-bond donors (Lipinski definition) is 2. The molecule has 1 atom stereocenters. The summed E-state index contributed by atoms with van der Waals surface area (Å²) in [6, 6.07) is -1.81. The van der Waals surface area contributed by atoms with Gasteiger partial charge in [0.25, 0.3) is 0 Å². The van der Waals surface area contributed by atoms with E-state index < -0.39 is 41.2 Å². The summed E-state index contributed by atoms with van der Waals surface area (Å²) < 4.78 is 75.3. The first-order valence-electron chi connectivity index (χ1n) is 4.94. The van der Waals surface area contributed by atoms with E-state index >= 15 is 0 Å². The molecule has 1 aromatic carbocycles. The Kier molecular flexibility index (Phi) is 2.87. The Balaban J connectivity index is 2.50. The van der Waals surface area contributed by atoms with Crippen molar-refractivity contribution in [2.75, 3.05) is 5.32 Å². The van der Waals surface area contributed by atoms with Gasteiger partial charge in [-0.1, -0.05) is 6.07 Å². The molecule has 2 N–H and O–H groups in total. The standard InChI is InChI=1S/C10H6F6N2O/c11-9(12,13)4-1-2-5-6(3-4)17-8(19)18-7(5)10(14,15)16/h1-3,7H,(H2,17,18,19). The van der Waals surface area contributed by atoms with E-state index in [1.165, 1.54) is 0 Å². The summed E-state index contributed by atoms with van der Waals surface area (Å²) in [5, 5.41) is 3.54. The number of carbonyl (C=O) groups is 1. The van der Waals surface area contributed by atoms with Crippen LogP contribution in [-0.2, 0) is 6.18 Å². The van der Waals surface area contributed by atoms with E-state index in [1.807, 2.05) is 5.32 Å². The summed E-state index contributed by atoms with van der Waals surface area (Å²) in [6.07, 6.45) is -9.48. The molecular weight excluding hydrogens is 278 g/mol. The number of benzene rings is 1. The molecule has 0 spiro atoms. The van der Waals surface area contributed by atoms with Crippen LogP contribution in [0.1, 0.15) is 17.2 Å². The minimum absolute atomic E-state index is 0.458. The van der Waals surface area contributed by atoms with Crippen molar-refractivity contribution in [3.05, 3.63) is 29.3 Å². The Morgan fingerprint density at radius 1 is 1.05 bits per heavy atom. The maximum atomic E-state index is 12.7. The number of urea groups is 1. The summed E-state index contributed by atoms with van der Waals surface area (Å²) in [4.78, 5) is 11.0. The Morgan fingerprint density at radius 2 is 1.68 bits per heavy atom. The molecule has 9 heteroatoms. The van der Waals surface area contributed by atoms with Gasteiger partial charge >= 0.3 is 18.4 Å². The normalized spacial score (nSPS) is 19.5. The van der Waals surface area contributed by atoms with Crippen molar-refractivity contribution in [2.24, 2.45) is 0 Å². The third kappa shape index (κ3) is 2.59. The molecule has 2 rings (SSSR count). The first-order chi connectivity index (χ1) is 8.59. The Morgan fingerprint density at radius 3 is 2.21 bits per heavy atom. The highest BCUT2D eigenvalue weighted by Gasteiger charge is 2.45. The lowest BCUT2D eigenvalue weighted by Crippen LogP contribution is -2.44. The molecule has 104 valence electrons. The van der Waals surface area contributed by atoms with Crippen LogP contribution in [0.3, 0.4) is 0 Å². The zero-order chi connectivity index (χ0) is 14.4. The predicted molar refractivity (Wildman–Crippen MR) is 52.4 cm³/mol. The van der Waals surface area contributed by atoms with Crippen LogP contribution < -0.4 is 10.6 Å². The van der Waals surface area contributed by atoms with E-state index in [9.17, 15) is 31.1 Å². The van der Waals surface area contributed by atoms with Gasteiger partial charge in [0.2, 0.25) is 0 Å². The Hall–Kier alpha value is -1.93. The molecule has 3 nitrogen and oxygen atoms in total. The second kappa shape index (κ2) is 4.04. The zero-order valence-corrected chi connectivity index (χ0v) is 8.99. The van der Waals surface area contributed by atoms with Gasteiger partial charge in [0.1, 0.15) is 0 Å². The molecule has 1 aromatic rings. The topological polar surface area (TPSA) is 41.1 Å². The number of rotatable bonds is 0. The second-order valence-electron chi connectivity index (χ2n) is 3.87. The first-order valence-corrected chi connectivity index (χ1v) is 4.94. The zero-order valence-electron chi connectivity index (χ0n) is 8.99. The SMILES string of the molecule is O=C1Nc2cc(C(F)(F)F)ccc2C(C(F)(F)F)N1. The van der Waals surface area contributed by atoms with Crippen LogP contribution in [0.2, 0.25) is 0 Å². The van der Waals surface area contributed by atoms with Gasteiger partial charge in [-0.15, -0.1) is 0 Å². The predicted octanol–water partition coefficient (Wildman–Crippen LogP) is 3.44. The van der Waals surface area contributed by atoms with Gasteiger partial charge in [0.15, 0.2) is 6.04 Å². The van der Waals surface area contributed by atoms with Crippen LogP contribution in [0.15, 0.2) is 18.2 Å². The molecule has 1 unspecified atom stereocenters. The van der Waals surface area contributed by atoms with Crippen molar-refractivity contribution in [1.29, 1.82) is 0 Å². The molecule has 0 bridgehead atoms. The van der Waals surface area contributed by atoms with E-state index in [2.05, 4.69) is 0 Å². The fourth-order valence-corrected chi connectivity index (χ4v) is 1.72. The van der Waals surface area contributed by atoms with E-state index in [1.54, 1.807) is 5.32 Å². The molecule has 1 aliphatic heterocycles. The highest BCUT2D eigenvalue weighted by atomic mass is 19.4. The van der Waals surface area contributed by atoms with Crippen molar-refractivity contribution < 1.29 is 31.1 Å². The molecule has 2 amide bonds. The highest BCUT2D eigenvalue weighted by Crippen LogP contribution is 2.40. The molecular formula is C10H6F6N2O. The van der Waals surface area contributed by atoms with E-state index in [0.29, 0.717) is 18.2 Å². The number of carbonyl (C=O) groups excluding carboxylic acids is 1. The van der Waals surface area contributed by atoms with Crippen LogP contribution in [0, 0.1) is 0 Å². The van der Waals surface area contributed by atoms with Crippen LogP contribution in [0.5, 0.6) is 0 Å². The minimum Gasteiger partial charge on any atom is -0.322 e. The largest absolute Gasteiger partial charge is 0.416 e. The average molecular weight is 284 g/mol. The summed E-state index contributed by atoms with van der Waals surface area (Å²) in [5.41, 5.74) is -2.09. The lowest BCUT2D eigenvalue weighted by atomic mass is 10.00. The quantitative estimate of drug-likeness (QED) is 0.704.